The average Bonchev–Trinajstić information content (AvgIpc) is 3.12. The molecule has 1 N–H and O–H groups in total. The van der Waals surface area contributed by atoms with Crippen LogP contribution >= 0.6 is 0 Å². The van der Waals surface area contributed by atoms with Crippen molar-refractivity contribution in [2.45, 2.75) is 90.9 Å². The van der Waals surface area contributed by atoms with Crippen LogP contribution in [0.4, 0.5) is 0 Å². The smallest absolute Gasteiger partial charge is 0.310 e. The Balaban J connectivity index is 1.10. The fourth-order valence-electron chi connectivity index (χ4n) is 7.95. The van der Waals surface area contributed by atoms with E-state index in [1.165, 1.54) is 55.4 Å². The SMILES string of the molecule is CCCc1ccc(C(=O)/N=C(/Cc2ccc(-c3ncc(C4=CCC(C5CCC(CCC)CC5)CC4)cn3)cc2)C(=O)N2CC(C(=O)O)C2)cc1. The van der Waals surface area contributed by atoms with Gasteiger partial charge in [-0.05, 0) is 85.1 Å². The van der Waals surface area contributed by atoms with Gasteiger partial charge in [0, 0.05) is 48.6 Å². The van der Waals surface area contributed by atoms with E-state index in [0.717, 1.165) is 65.7 Å². The van der Waals surface area contributed by atoms with E-state index >= 15 is 0 Å². The highest BCUT2D eigenvalue weighted by atomic mass is 16.4. The van der Waals surface area contributed by atoms with E-state index in [1.807, 2.05) is 48.8 Å². The predicted octanol–water partition coefficient (Wildman–Crippen LogP) is 8.25. The van der Waals surface area contributed by atoms with Crippen LogP contribution in [0, 0.1) is 23.7 Å². The molecule has 2 fully saturated rings. The van der Waals surface area contributed by atoms with Crippen LogP contribution in [0.15, 0.2) is 72.0 Å². The lowest BCUT2D eigenvalue weighted by Crippen LogP contribution is -2.55. The molecule has 2 heterocycles. The number of hydrogen-bond donors (Lipinski definition) is 1. The first-order chi connectivity index (χ1) is 24.3. The van der Waals surface area contributed by atoms with Crippen molar-refractivity contribution in [3.63, 3.8) is 0 Å². The van der Waals surface area contributed by atoms with E-state index in [9.17, 15) is 19.5 Å². The minimum atomic E-state index is -0.930. The van der Waals surface area contributed by atoms with Gasteiger partial charge in [-0.25, -0.2) is 15.0 Å². The lowest BCUT2D eigenvalue weighted by atomic mass is 9.70. The van der Waals surface area contributed by atoms with Gasteiger partial charge in [-0.2, -0.15) is 0 Å². The minimum absolute atomic E-state index is 0.0944. The fourth-order valence-corrected chi connectivity index (χ4v) is 7.95. The Hall–Kier alpha value is -4.46. The largest absolute Gasteiger partial charge is 0.481 e. The van der Waals surface area contributed by atoms with Gasteiger partial charge in [0.15, 0.2) is 5.82 Å². The van der Waals surface area contributed by atoms with Crippen molar-refractivity contribution in [2.75, 3.05) is 13.1 Å². The summed E-state index contributed by atoms with van der Waals surface area (Å²) >= 11 is 0. The summed E-state index contributed by atoms with van der Waals surface area (Å²) in [6.45, 7) is 4.62. The summed E-state index contributed by atoms with van der Waals surface area (Å²) < 4.78 is 0. The molecule has 0 bridgehead atoms. The van der Waals surface area contributed by atoms with Gasteiger partial charge in [0.25, 0.3) is 11.8 Å². The highest BCUT2D eigenvalue weighted by Crippen LogP contribution is 2.42. The number of carbonyl (C=O) groups excluding carboxylic acids is 2. The molecule has 1 aliphatic heterocycles. The number of aliphatic imine (C=N–C) groups is 1. The van der Waals surface area contributed by atoms with Crippen LogP contribution in [0.2, 0.25) is 0 Å². The van der Waals surface area contributed by atoms with Crippen molar-refractivity contribution in [1.29, 1.82) is 0 Å². The van der Waals surface area contributed by atoms with Gasteiger partial charge in [0.05, 0.1) is 5.92 Å². The van der Waals surface area contributed by atoms with E-state index in [1.54, 1.807) is 12.1 Å². The van der Waals surface area contributed by atoms with Crippen LogP contribution in [-0.4, -0.2) is 56.6 Å². The quantitative estimate of drug-likeness (QED) is 0.194. The Morgan fingerprint density at radius 2 is 1.50 bits per heavy atom. The van der Waals surface area contributed by atoms with Crippen molar-refractivity contribution in [2.24, 2.45) is 28.7 Å². The normalized spacial score (nSPS) is 21.3. The molecule has 0 radical (unpaired) electrons. The van der Waals surface area contributed by atoms with Crippen LogP contribution in [0.1, 0.15) is 105 Å². The standard InChI is InChI=1S/C42H50N4O4/c1-3-5-28-7-13-31(14-8-28)32-19-21-33(22-20-32)36-24-43-39(44-25-36)34-15-11-30(12-16-34)23-38(41(48)46-26-37(27-46)42(49)50)45-40(47)35-17-9-29(6-4-2)10-18-35/h9-12,15-18,21,24-25,28,31-32,37H,3-8,13-14,19-20,22-23,26-27H2,1-2H3,(H,49,50)/b45-38-. The first-order valence-electron chi connectivity index (χ1n) is 18.6. The Morgan fingerprint density at radius 3 is 2.10 bits per heavy atom. The summed E-state index contributed by atoms with van der Waals surface area (Å²) in [6, 6.07) is 14.9. The molecule has 8 heteroatoms. The zero-order valence-electron chi connectivity index (χ0n) is 29.5. The van der Waals surface area contributed by atoms with Crippen molar-refractivity contribution < 1.29 is 19.5 Å². The lowest BCUT2D eigenvalue weighted by Gasteiger charge is -2.36. The van der Waals surface area contributed by atoms with Crippen molar-refractivity contribution >= 4 is 29.1 Å². The van der Waals surface area contributed by atoms with Gasteiger partial charge in [0.1, 0.15) is 5.71 Å². The zero-order valence-corrected chi connectivity index (χ0v) is 29.5. The topological polar surface area (TPSA) is 113 Å². The number of carbonyl (C=O) groups is 3. The third-order valence-corrected chi connectivity index (χ3v) is 11.1. The van der Waals surface area contributed by atoms with Crippen molar-refractivity contribution in [1.82, 2.24) is 14.9 Å². The summed E-state index contributed by atoms with van der Waals surface area (Å²) in [5.74, 6) is 0.840. The summed E-state index contributed by atoms with van der Waals surface area (Å²) in [7, 11) is 0. The molecule has 50 heavy (non-hydrogen) atoms. The van der Waals surface area contributed by atoms with Crippen LogP contribution in [0.5, 0.6) is 0 Å². The van der Waals surface area contributed by atoms with E-state index in [-0.39, 0.29) is 25.2 Å². The molecular weight excluding hydrogens is 624 g/mol. The van der Waals surface area contributed by atoms with Crippen LogP contribution < -0.4 is 0 Å². The first-order valence-corrected chi connectivity index (χ1v) is 18.6. The number of rotatable bonds is 12. The monoisotopic (exact) mass is 674 g/mol. The summed E-state index contributed by atoms with van der Waals surface area (Å²) in [5, 5.41) is 9.30. The Kier molecular flexibility index (Phi) is 11.7. The maximum Gasteiger partial charge on any atom is 0.310 e. The van der Waals surface area contributed by atoms with E-state index < -0.39 is 23.7 Å². The van der Waals surface area contributed by atoms with Gasteiger partial charge in [-0.15, -0.1) is 0 Å². The fraction of sp³-hybridized carbons (Fsp3) is 0.476. The molecule has 2 aliphatic carbocycles. The Bertz CT molecular complexity index is 1700. The Labute approximate surface area is 296 Å². The van der Waals surface area contributed by atoms with Crippen LogP contribution in [0.3, 0.4) is 0 Å². The maximum absolute atomic E-state index is 13.4. The molecule has 1 saturated carbocycles. The second-order valence-corrected chi connectivity index (χ2v) is 14.6. The number of amides is 2. The molecule has 3 aliphatic rings. The maximum atomic E-state index is 13.4. The van der Waals surface area contributed by atoms with E-state index in [0.29, 0.717) is 11.4 Å². The second-order valence-electron chi connectivity index (χ2n) is 14.6. The van der Waals surface area contributed by atoms with Crippen LogP contribution in [0.25, 0.3) is 17.0 Å². The minimum Gasteiger partial charge on any atom is -0.481 e. The third-order valence-electron chi connectivity index (χ3n) is 11.1. The number of likely N-dealkylation sites (tertiary alicyclic amines) is 1. The predicted molar refractivity (Wildman–Crippen MR) is 197 cm³/mol. The number of nitrogens with zero attached hydrogens (tertiary/aromatic N) is 4. The number of aryl methyl sites for hydroxylation is 1. The third kappa shape index (κ3) is 8.63. The molecule has 2 aromatic carbocycles. The van der Waals surface area contributed by atoms with Crippen molar-refractivity contribution in [3.8, 4) is 11.4 Å². The average molecular weight is 675 g/mol. The number of aliphatic carboxylic acids is 1. The molecule has 3 aromatic rings. The van der Waals surface area contributed by atoms with Gasteiger partial charge in [-0.1, -0.05) is 88.4 Å². The summed E-state index contributed by atoms with van der Waals surface area (Å²) in [6.07, 6.45) is 20.2. The Morgan fingerprint density at radius 1 is 0.820 bits per heavy atom. The number of hydrogen-bond acceptors (Lipinski definition) is 5. The molecule has 1 atom stereocenters. The van der Waals surface area contributed by atoms with Gasteiger partial charge in [-0.3, -0.25) is 14.4 Å². The highest BCUT2D eigenvalue weighted by Gasteiger charge is 2.37. The zero-order chi connectivity index (χ0) is 35.0. The number of benzene rings is 2. The van der Waals surface area contributed by atoms with Crippen LogP contribution in [-0.2, 0) is 22.4 Å². The molecule has 2 amide bonds. The van der Waals surface area contributed by atoms with Crippen molar-refractivity contribution in [3.05, 3.63) is 89.3 Å². The van der Waals surface area contributed by atoms with Gasteiger partial charge < -0.3 is 10.0 Å². The molecule has 6 rings (SSSR count). The molecule has 0 spiro atoms. The number of carboxylic acids is 1. The van der Waals surface area contributed by atoms with Gasteiger partial charge >= 0.3 is 5.97 Å². The molecule has 8 nitrogen and oxygen atoms in total. The summed E-state index contributed by atoms with van der Waals surface area (Å²) in [4.78, 5) is 53.0. The molecule has 1 unspecified atom stereocenters. The highest BCUT2D eigenvalue weighted by molar-refractivity contribution is 6.41. The number of allylic oxidation sites excluding steroid dienone is 2. The summed E-state index contributed by atoms with van der Waals surface area (Å²) in [5.41, 5.74) is 5.75. The molecule has 1 saturated heterocycles. The number of aromatic nitrogens is 2. The molecule has 262 valence electrons. The lowest BCUT2D eigenvalue weighted by molar-refractivity contribution is -0.150. The van der Waals surface area contributed by atoms with E-state index in [4.69, 9.17) is 9.97 Å². The first kappa shape index (κ1) is 35.4. The molecule has 1 aromatic heterocycles. The van der Waals surface area contributed by atoms with E-state index in [2.05, 4.69) is 24.9 Å². The number of carboxylic acid groups (broad SMARTS) is 1. The second kappa shape index (κ2) is 16.5. The molecular formula is C42H50N4O4. The van der Waals surface area contributed by atoms with Gasteiger partial charge in [0.2, 0.25) is 0 Å².